The Balaban J connectivity index is 1.73. The van der Waals surface area contributed by atoms with E-state index in [1.165, 1.54) is 6.33 Å². The van der Waals surface area contributed by atoms with Gasteiger partial charge in [-0.05, 0) is 32.8 Å². The van der Waals surface area contributed by atoms with Crippen molar-refractivity contribution in [1.82, 2.24) is 19.9 Å². The van der Waals surface area contributed by atoms with Crippen molar-refractivity contribution in [3.8, 4) is 0 Å². The van der Waals surface area contributed by atoms with Crippen molar-refractivity contribution in [2.75, 3.05) is 23.3 Å². The van der Waals surface area contributed by atoms with Crippen LogP contribution in [0.1, 0.15) is 24.2 Å². The number of piperidine rings is 1. The Labute approximate surface area is 128 Å². The van der Waals surface area contributed by atoms with Crippen LogP contribution in [0.25, 0.3) is 0 Å². The molecular weight excluding hydrogens is 283 g/mol. The highest BCUT2D eigenvalue weighted by atomic mass is 19.1. The Hall–Kier alpha value is -2.31. The number of nitrogens with zero attached hydrogens (tertiary/aromatic N) is 5. The smallest absolute Gasteiger partial charge is 0.223 e. The van der Waals surface area contributed by atoms with Crippen molar-refractivity contribution < 1.29 is 4.39 Å². The molecule has 1 N–H and O–H groups in total. The zero-order valence-corrected chi connectivity index (χ0v) is 12.8. The maximum absolute atomic E-state index is 14.2. The summed E-state index contributed by atoms with van der Waals surface area (Å²) in [4.78, 5) is 18.5. The molecule has 1 unspecified atom stereocenters. The van der Waals surface area contributed by atoms with Gasteiger partial charge in [-0.1, -0.05) is 0 Å². The minimum atomic E-state index is -0.338. The molecule has 2 aromatic rings. The van der Waals surface area contributed by atoms with Gasteiger partial charge in [-0.15, -0.1) is 0 Å². The molecule has 1 aliphatic heterocycles. The summed E-state index contributed by atoms with van der Waals surface area (Å²) in [6, 6.07) is 2.03. The maximum Gasteiger partial charge on any atom is 0.223 e. The predicted molar refractivity (Wildman–Crippen MR) is 82.4 cm³/mol. The number of aromatic nitrogens is 4. The summed E-state index contributed by atoms with van der Waals surface area (Å²) in [6.45, 7) is 5.05. The molecule has 2 aromatic heterocycles. The molecule has 0 radical (unpaired) electrons. The van der Waals surface area contributed by atoms with Crippen molar-refractivity contribution in [3.05, 3.63) is 35.8 Å². The van der Waals surface area contributed by atoms with Gasteiger partial charge in [0.05, 0.1) is 5.69 Å². The van der Waals surface area contributed by atoms with E-state index in [0.717, 1.165) is 25.1 Å². The number of hydrogen-bond acceptors (Lipinski definition) is 6. The second kappa shape index (κ2) is 6.21. The molecule has 0 amide bonds. The van der Waals surface area contributed by atoms with Crippen LogP contribution in [0.4, 0.5) is 16.2 Å². The molecule has 3 rings (SSSR count). The van der Waals surface area contributed by atoms with Crippen molar-refractivity contribution in [2.24, 2.45) is 0 Å². The normalized spacial score (nSPS) is 18.3. The molecule has 0 bridgehead atoms. The first-order chi connectivity index (χ1) is 10.6. The highest BCUT2D eigenvalue weighted by Crippen LogP contribution is 2.22. The zero-order chi connectivity index (χ0) is 15.5. The predicted octanol–water partition coefficient (Wildman–Crippen LogP) is 2.10. The third-order valence-corrected chi connectivity index (χ3v) is 3.79. The van der Waals surface area contributed by atoms with Crippen LogP contribution >= 0.6 is 0 Å². The minimum absolute atomic E-state index is 0.172. The van der Waals surface area contributed by atoms with Crippen molar-refractivity contribution in [2.45, 2.75) is 32.7 Å². The Bertz CT molecular complexity index is 662. The summed E-state index contributed by atoms with van der Waals surface area (Å²) in [5.41, 5.74) is 1.30. The van der Waals surface area contributed by atoms with Gasteiger partial charge in [-0.3, -0.25) is 0 Å². The van der Waals surface area contributed by atoms with E-state index in [1.54, 1.807) is 13.1 Å². The number of rotatable bonds is 3. The number of nitrogens with one attached hydrogen (secondary N) is 1. The van der Waals surface area contributed by atoms with Crippen LogP contribution in [0.3, 0.4) is 0 Å². The molecule has 3 heterocycles. The summed E-state index contributed by atoms with van der Waals surface area (Å²) in [5.74, 6) is 0.658. The van der Waals surface area contributed by atoms with E-state index in [1.807, 2.05) is 17.9 Å². The third kappa shape index (κ3) is 3.13. The summed E-state index contributed by atoms with van der Waals surface area (Å²) in [7, 11) is 0. The fraction of sp³-hybridized carbons (Fsp3) is 0.467. The molecule has 1 atom stereocenters. The average Bonchev–Trinajstić information content (AvgIpc) is 2.50. The van der Waals surface area contributed by atoms with Crippen molar-refractivity contribution in [3.63, 3.8) is 0 Å². The highest BCUT2D eigenvalue weighted by Gasteiger charge is 2.24. The molecule has 7 heteroatoms. The number of hydrogen-bond donors (Lipinski definition) is 1. The molecule has 1 saturated heterocycles. The first-order valence-electron chi connectivity index (χ1n) is 7.41. The van der Waals surface area contributed by atoms with Gasteiger partial charge < -0.3 is 10.2 Å². The van der Waals surface area contributed by atoms with E-state index in [4.69, 9.17) is 0 Å². The van der Waals surface area contributed by atoms with Crippen LogP contribution in [0.15, 0.2) is 18.6 Å². The largest absolute Gasteiger partial charge is 0.352 e. The van der Waals surface area contributed by atoms with Crippen LogP contribution < -0.4 is 10.2 Å². The first kappa shape index (κ1) is 14.6. The molecule has 0 spiro atoms. The molecule has 6 nitrogen and oxygen atoms in total. The molecule has 1 aliphatic rings. The Morgan fingerprint density at radius 3 is 2.95 bits per heavy atom. The molecule has 1 fully saturated rings. The Kier molecular flexibility index (Phi) is 4.13. The van der Waals surface area contributed by atoms with Crippen LogP contribution in [-0.4, -0.2) is 39.1 Å². The molecule has 22 heavy (non-hydrogen) atoms. The van der Waals surface area contributed by atoms with Crippen LogP contribution in [0, 0.1) is 19.7 Å². The van der Waals surface area contributed by atoms with E-state index in [0.29, 0.717) is 24.0 Å². The lowest BCUT2D eigenvalue weighted by atomic mass is 10.1. The van der Waals surface area contributed by atoms with Crippen LogP contribution in [0.2, 0.25) is 0 Å². The number of halogens is 1. The Morgan fingerprint density at radius 2 is 2.14 bits per heavy atom. The molecule has 0 aromatic carbocycles. The summed E-state index contributed by atoms with van der Waals surface area (Å²) in [5, 5.41) is 3.33. The van der Waals surface area contributed by atoms with Crippen molar-refractivity contribution >= 4 is 11.8 Å². The number of aryl methyl sites for hydroxylation is 2. The van der Waals surface area contributed by atoms with E-state index >= 15 is 0 Å². The fourth-order valence-electron chi connectivity index (χ4n) is 2.65. The maximum atomic E-state index is 14.2. The molecule has 0 saturated carbocycles. The summed E-state index contributed by atoms with van der Waals surface area (Å²) in [6.07, 6.45) is 5.11. The lowest BCUT2D eigenvalue weighted by molar-refractivity contribution is 0.508. The SMILES string of the molecule is Cc1ccnc(NC2CCCN(c3ncnc(C)c3F)C2)n1. The summed E-state index contributed by atoms with van der Waals surface area (Å²) >= 11 is 0. The van der Waals surface area contributed by atoms with E-state index in [2.05, 4.69) is 25.3 Å². The van der Waals surface area contributed by atoms with Gasteiger partial charge in [0.2, 0.25) is 5.95 Å². The summed E-state index contributed by atoms with van der Waals surface area (Å²) < 4.78 is 14.2. The average molecular weight is 302 g/mol. The molecule has 0 aliphatic carbocycles. The molecular formula is C15H19FN6. The van der Waals surface area contributed by atoms with Gasteiger partial charge in [-0.2, -0.15) is 0 Å². The monoisotopic (exact) mass is 302 g/mol. The van der Waals surface area contributed by atoms with E-state index in [9.17, 15) is 4.39 Å². The van der Waals surface area contributed by atoms with Gasteiger partial charge in [0.25, 0.3) is 0 Å². The van der Waals surface area contributed by atoms with Gasteiger partial charge in [-0.25, -0.2) is 24.3 Å². The van der Waals surface area contributed by atoms with Gasteiger partial charge in [0, 0.05) is 31.0 Å². The first-order valence-corrected chi connectivity index (χ1v) is 7.41. The topological polar surface area (TPSA) is 66.8 Å². The van der Waals surface area contributed by atoms with Crippen LogP contribution in [0.5, 0.6) is 0 Å². The van der Waals surface area contributed by atoms with E-state index in [-0.39, 0.29) is 11.9 Å². The highest BCUT2D eigenvalue weighted by molar-refractivity contribution is 5.42. The van der Waals surface area contributed by atoms with Gasteiger partial charge in [0.1, 0.15) is 6.33 Å². The zero-order valence-electron chi connectivity index (χ0n) is 12.8. The standard InChI is InChI=1S/C15H19FN6/c1-10-5-6-17-15(20-10)21-12-4-3-7-22(8-12)14-13(16)11(2)18-9-19-14/h5-6,9,12H,3-4,7-8H2,1-2H3,(H,17,20,21). The third-order valence-electron chi connectivity index (χ3n) is 3.79. The van der Waals surface area contributed by atoms with Crippen LogP contribution in [-0.2, 0) is 0 Å². The second-order valence-corrected chi connectivity index (χ2v) is 5.55. The quantitative estimate of drug-likeness (QED) is 0.936. The lowest BCUT2D eigenvalue weighted by Crippen LogP contribution is -2.43. The number of anilines is 2. The lowest BCUT2D eigenvalue weighted by Gasteiger charge is -2.34. The fourth-order valence-corrected chi connectivity index (χ4v) is 2.65. The minimum Gasteiger partial charge on any atom is -0.352 e. The van der Waals surface area contributed by atoms with Gasteiger partial charge >= 0.3 is 0 Å². The van der Waals surface area contributed by atoms with Gasteiger partial charge in [0.15, 0.2) is 11.6 Å². The second-order valence-electron chi connectivity index (χ2n) is 5.55. The molecule has 116 valence electrons. The van der Waals surface area contributed by atoms with Crippen molar-refractivity contribution in [1.29, 1.82) is 0 Å². The Morgan fingerprint density at radius 1 is 1.27 bits per heavy atom. The van der Waals surface area contributed by atoms with E-state index < -0.39 is 0 Å².